The topological polar surface area (TPSA) is 138 Å². The Morgan fingerprint density at radius 1 is 0.500 bits per heavy atom. The van der Waals surface area contributed by atoms with Gasteiger partial charge in [-0.05, 0) is 69.3 Å². The molecule has 10 nitrogen and oxygen atoms in total. The number of esters is 1. The summed E-state index contributed by atoms with van der Waals surface area (Å²) in [6, 6.07) is 37.1. The molecule has 54 heavy (non-hydrogen) atoms. The highest BCUT2D eigenvalue weighted by Crippen LogP contribution is 2.43. The van der Waals surface area contributed by atoms with Crippen LogP contribution < -0.4 is 0 Å². The number of nitrogens with zero attached hydrogens (tertiary/aromatic N) is 2. The monoisotopic (exact) mass is 798 g/mol. The summed E-state index contributed by atoms with van der Waals surface area (Å²) in [6.07, 6.45) is 0. The van der Waals surface area contributed by atoms with Gasteiger partial charge in [0.2, 0.25) is 0 Å². The van der Waals surface area contributed by atoms with Crippen LogP contribution in [0.25, 0.3) is 0 Å². The summed E-state index contributed by atoms with van der Waals surface area (Å²) in [5.41, 5.74) is -0.695. The van der Waals surface area contributed by atoms with Gasteiger partial charge in [-0.15, -0.1) is 0 Å². The molecule has 14 heteroatoms. The highest BCUT2D eigenvalue weighted by molar-refractivity contribution is 8.08. The van der Waals surface area contributed by atoms with Crippen LogP contribution in [0, 0.1) is 0 Å². The molecule has 4 aromatic carbocycles. The number of carbonyl (C=O) groups excluding carboxylic acids is 5. The van der Waals surface area contributed by atoms with Gasteiger partial charge in [-0.25, -0.2) is 0 Å². The minimum Gasteiger partial charge on any atom is -0.480 e. The number of hydrogen-bond acceptors (Lipinski definition) is 11. The fraction of sp³-hybridized carbons (Fsp3) is 0.150. The van der Waals surface area contributed by atoms with Gasteiger partial charge in [-0.2, -0.15) is 0 Å². The summed E-state index contributed by atoms with van der Waals surface area (Å²) in [5.74, 6) is -3.94. The molecular weight excluding hydrogens is 765 g/mol. The molecule has 1 N–H and O–H groups in total. The van der Waals surface area contributed by atoms with E-state index in [-0.39, 0.29) is 9.81 Å². The van der Waals surface area contributed by atoms with Crippen molar-refractivity contribution in [1.29, 1.82) is 0 Å². The highest BCUT2D eigenvalue weighted by Gasteiger charge is 2.42. The molecule has 4 amide bonds. The van der Waals surface area contributed by atoms with E-state index in [0.717, 1.165) is 29.4 Å². The number of aliphatic carboxylic acids is 1. The van der Waals surface area contributed by atoms with Gasteiger partial charge in [-0.1, -0.05) is 120 Å². The van der Waals surface area contributed by atoms with Crippen molar-refractivity contribution in [1.82, 2.24) is 9.80 Å². The molecule has 0 bridgehead atoms. The summed E-state index contributed by atoms with van der Waals surface area (Å²) in [4.78, 5) is 80.7. The van der Waals surface area contributed by atoms with Gasteiger partial charge in [0.15, 0.2) is 0 Å². The number of ether oxygens (including phenoxy) is 1. The zero-order chi connectivity index (χ0) is 38.8. The SMILES string of the molecule is CC(C)(C)OC(=O)CN1C(=O)C(Sc2ccccc2)=C(Sc2ccccc2)C1=O.O=C(O)CN1C(=O)C(Sc2ccccc2)=C(Sc2ccccc2)C1=O. The summed E-state index contributed by atoms with van der Waals surface area (Å²) < 4.78 is 5.29. The molecule has 2 heterocycles. The van der Waals surface area contributed by atoms with E-state index in [2.05, 4.69) is 0 Å². The van der Waals surface area contributed by atoms with Crippen molar-refractivity contribution < 1.29 is 38.6 Å². The molecule has 276 valence electrons. The Labute approximate surface area is 329 Å². The van der Waals surface area contributed by atoms with E-state index in [1.54, 1.807) is 20.8 Å². The number of carboxylic acid groups (broad SMARTS) is 1. The van der Waals surface area contributed by atoms with Crippen molar-refractivity contribution in [2.75, 3.05) is 13.1 Å². The molecular formula is C40H34N2O8S4. The maximum atomic E-state index is 13.0. The molecule has 0 saturated carbocycles. The average Bonchev–Trinajstić information content (AvgIpc) is 3.48. The van der Waals surface area contributed by atoms with Crippen molar-refractivity contribution in [3.8, 4) is 0 Å². The number of hydrogen-bond donors (Lipinski definition) is 1. The molecule has 2 aliphatic heterocycles. The Balaban J connectivity index is 0.000000210. The summed E-state index contributed by atoms with van der Waals surface area (Å²) in [6.45, 7) is 4.17. The van der Waals surface area contributed by atoms with Gasteiger partial charge in [0, 0.05) is 19.6 Å². The fourth-order valence-electron chi connectivity index (χ4n) is 4.77. The van der Waals surface area contributed by atoms with Crippen molar-refractivity contribution in [2.24, 2.45) is 0 Å². The molecule has 0 unspecified atom stereocenters. The second-order valence-electron chi connectivity index (χ2n) is 12.4. The van der Waals surface area contributed by atoms with Crippen LogP contribution in [0.4, 0.5) is 0 Å². The first-order valence-corrected chi connectivity index (χ1v) is 19.6. The molecule has 4 aromatic rings. The van der Waals surface area contributed by atoms with Gasteiger partial charge >= 0.3 is 11.9 Å². The number of carbonyl (C=O) groups is 6. The lowest BCUT2D eigenvalue weighted by Gasteiger charge is -2.21. The predicted molar refractivity (Wildman–Crippen MR) is 210 cm³/mol. The Hall–Kier alpha value is -5.02. The van der Waals surface area contributed by atoms with Crippen LogP contribution in [0.5, 0.6) is 0 Å². The van der Waals surface area contributed by atoms with E-state index in [0.29, 0.717) is 9.81 Å². The van der Waals surface area contributed by atoms with Crippen molar-refractivity contribution in [2.45, 2.75) is 46.0 Å². The quantitative estimate of drug-likeness (QED) is 0.111. The van der Waals surface area contributed by atoms with Crippen LogP contribution in [0.15, 0.2) is 161 Å². The van der Waals surface area contributed by atoms with Crippen LogP contribution in [-0.4, -0.2) is 69.2 Å². The summed E-state index contributed by atoms with van der Waals surface area (Å²) >= 11 is 4.81. The van der Waals surface area contributed by atoms with E-state index in [1.165, 1.54) is 47.0 Å². The molecule has 0 saturated heterocycles. The van der Waals surface area contributed by atoms with Gasteiger partial charge in [0.1, 0.15) is 18.7 Å². The lowest BCUT2D eigenvalue weighted by atomic mass is 10.2. The van der Waals surface area contributed by atoms with E-state index < -0.39 is 54.3 Å². The Morgan fingerprint density at radius 2 is 0.759 bits per heavy atom. The summed E-state index contributed by atoms with van der Waals surface area (Å²) in [7, 11) is 0. The lowest BCUT2D eigenvalue weighted by Crippen LogP contribution is -2.39. The van der Waals surface area contributed by atoms with Crippen LogP contribution >= 0.6 is 47.0 Å². The van der Waals surface area contributed by atoms with Gasteiger partial charge in [0.25, 0.3) is 23.6 Å². The molecule has 0 atom stereocenters. The molecule has 2 aliphatic rings. The van der Waals surface area contributed by atoms with E-state index in [9.17, 15) is 28.8 Å². The number of amides is 4. The Bertz CT molecular complexity index is 1980. The number of benzene rings is 4. The Morgan fingerprint density at radius 3 is 1.00 bits per heavy atom. The van der Waals surface area contributed by atoms with Crippen molar-refractivity contribution in [3.63, 3.8) is 0 Å². The lowest BCUT2D eigenvalue weighted by molar-refractivity contribution is -0.160. The van der Waals surface area contributed by atoms with E-state index in [4.69, 9.17) is 9.84 Å². The molecule has 0 fully saturated rings. The third kappa shape index (κ3) is 10.8. The minimum absolute atomic E-state index is 0.256. The highest BCUT2D eigenvalue weighted by atomic mass is 32.2. The first-order chi connectivity index (χ1) is 25.8. The second kappa shape index (κ2) is 18.3. The molecule has 0 aliphatic carbocycles. The second-order valence-corrected chi connectivity index (χ2v) is 16.7. The van der Waals surface area contributed by atoms with Crippen LogP contribution in [-0.2, 0) is 33.5 Å². The average molecular weight is 799 g/mol. The molecule has 0 spiro atoms. The number of imide groups is 2. The smallest absolute Gasteiger partial charge is 0.326 e. The summed E-state index contributed by atoms with van der Waals surface area (Å²) in [5, 5.41) is 8.98. The van der Waals surface area contributed by atoms with Crippen molar-refractivity contribution >= 4 is 82.6 Å². The normalized spacial score (nSPS) is 14.4. The predicted octanol–water partition coefficient (Wildman–Crippen LogP) is 7.73. The van der Waals surface area contributed by atoms with Gasteiger partial charge in [0.05, 0.1) is 19.6 Å². The number of thioether (sulfide) groups is 4. The van der Waals surface area contributed by atoms with E-state index in [1.807, 2.05) is 121 Å². The van der Waals surface area contributed by atoms with Gasteiger partial charge in [-0.3, -0.25) is 38.6 Å². The number of carboxylic acids is 1. The van der Waals surface area contributed by atoms with Gasteiger partial charge < -0.3 is 9.84 Å². The van der Waals surface area contributed by atoms with Crippen molar-refractivity contribution in [3.05, 3.63) is 141 Å². The molecule has 6 rings (SSSR count). The first-order valence-electron chi connectivity index (χ1n) is 16.4. The number of rotatable bonds is 12. The first kappa shape index (κ1) is 40.2. The minimum atomic E-state index is -1.23. The van der Waals surface area contributed by atoms with Crippen LogP contribution in [0.2, 0.25) is 0 Å². The Kier molecular flexibility index (Phi) is 13.6. The maximum absolute atomic E-state index is 13.0. The zero-order valence-electron chi connectivity index (χ0n) is 29.3. The largest absolute Gasteiger partial charge is 0.480 e. The fourth-order valence-corrected chi connectivity index (χ4v) is 8.90. The standard InChI is InChI=1S/C22H21NO4S2.C18H13NO4S2/c1-22(2,3)27-17(24)14-23-20(25)18(28-15-10-6-4-7-11-15)19(21(23)26)29-16-12-8-5-9-13-16;20-14(21)11-19-17(22)15(24-12-7-3-1-4-8-12)16(18(19)23)25-13-9-5-2-6-10-13/h4-13H,14H2,1-3H3;1-10H,11H2,(H,20,21). The van der Waals surface area contributed by atoms with Crippen LogP contribution in [0.1, 0.15) is 20.8 Å². The molecule has 0 aromatic heterocycles. The zero-order valence-corrected chi connectivity index (χ0v) is 32.6. The van der Waals surface area contributed by atoms with Crippen LogP contribution in [0.3, 0.4) is 0 Å². The van der Waals surface area contributed by atoms with E-state index >= 15 is 0 Å². The molecule has 0 radical (unpaired) electrons. The third-order valence-electron chi connectivity index (χ3n) is 7.02. The third-order valence-corrected chi connectivity index (χ3v) is 11.6. The maximum Gasteiger partial charge on any atom is 0.326 e.